The van der Waals surface area contributed by atoms with E-state index in [4.69, 9.17) is 9.66 Å². The van der Waals surface area contributed by atoms with Crippen LogP contribution in [-0.4, -0.2) is 23.1 Å². The highest BCUT2D eigenvalue weighted by Gasteiger charge is 2.06. The maximum atomic E-state index is 10.5. The molecule has 1 aromatic heterocycles. The molecule has 0 radical (unpaired) electrons. The number of aliphatic hydroxyl groups excluding tert-OH is 1. The van der Waals surface area contributed by atoms with Crippen LogP contribution in [0, 0.1) is 6.92 Å². The molecule has 0 aliphatic heterocycles. The van der Waals surface area contributed by atoms with Crippen molar-refractivity contribution in [3.8, 4) is 0 Å². The van der Waals surface area contributed by atoms with Crippen LogP contribution in [0.2, 0.25) is 0 Å². The van der Waals surface area contributed by atoms with Gasteiger partial charge in [-0.1, -0.05) is 23.8 Å². The van der Waals surface area contributed by atoms with Crippen molar-refractivity contribution in [3.05, 3.63) is 59.9 Å². The molecular formula is C13H15NO4S. The third-order valence-corrected chi connectivity index (χ3v) is 3.07. The van der Waals surface area contributed by atoms with E-state index in [-0.39, 0.29) is 11.5 Å². The summed E-state index contributed by atoms with van der Waals surface area (Å²) in [4.78, 5) is 3.78. The van der Waals surface area contributed by atoms with Crippen molar-refractivity contribution in [1.29, 1.82) is 0 Å². The van der Waals surface area contributed by atoms with Crippen LogP contribution >= 0.6 is 0 Å². The predicted octanol–water partition coefficient (Wildman–Crippen LogP) is 1.82. The molecule has 0 unspecified atom stereocenters. The molecular weight excluding hydrogens is 266 g/mol. The minimum atomic E-state index is -4.02. The molecule has 0 bridgehead atoms. The number of benzene rings is 1. The highest BCUT2D eigenvalue weighted by atomic mass is 32.2. The standard InChI is InChI=1S/C7H8O3S.C6H7NO/c1-6-2-4-7(5-3-6)11(8,9)10;8-5-6-3-1-2-4-7-6/h2-5H,1H3,(H,8,9,10);1-4,8H,5H2. The van der Waals surface area contributed by atoms with Gasteiger partial charge in [0.1, 0.15) is 0 Å². The summed E-state index contributed by atoms with van der Waals surface area (Å²) >= 11 is 0. The Morgan fingerprint density at radius 1 is 1.11 bits per heavy atom. The molecule has 6 heteroatoms. The second-order valence-electron chi connectivity index (χ2n) is 3.77. The van der Waals surface area contributed by atoms with Crippen LogP contribution in [0.3, 0.4) is 0 Å². The number of hydrogen-bond donors (Lipinski definition) is 2. The number of aliphatic hydroxyl groups is 1. The number of aryl methyl sites for hydroxylation is 1. The summed E-state index contributed by atoms with van der Waals surface area (Å²) in [6.45, 7) is 1.87. The van der Waals surface area contributed by atoms with Crippen LogP contribution in [-0.2, 0) is 16.7 Å². The summed E-state index contributed by atoms with van der Waals surface area (Å²) in [5, 5.41) is 8.48. The van der Waals surface area contributed by atoms with E-state index in [0.29, 0.717) is 5.69 Å². The Bertz CT molecular complexity index is 594. The van der Waals surface area contributed by atoms with Crippen LogP contribution in [0.5, 0.6) is 0 Å². The zero-order chi connectivity index (χ0) is 14.3. The van der Waals surface area contributed by atoms with Crippen LogP contribution < -0.4 is 0 Å². The molecule has 2 rings (SSSR count). The normalized spacial score (nSPS) is 10.5. The van der Waals surface area contributed by atoms with Crippen molar-refractivity contribution >= 4 is 10.1 Å². The van der Waals surface area contributed by atoms with Crippen LogP contribution in [0.1, 0.15) is 11.3 Å². The molecule has 102 valence electrons. The number of hydrogen-bond acceptors (Lipinski definition) is 4. The Balaban J connectivity index is 0.000000200. The van der Waals surface area contributed by atoms with Gasteiger partial charge in [-0.15, -0.1) is 0 Å². The van der Waals surface area contributed by atoms with E-state index in [0.717, 1.165) is 5.56 Å². The molecule has 0 amide bonds. The van der Waals surface area contributed by atoms with Crippen LogP contribution in [0.15, 0.2) is 53.6 Å². The molecule has 0 saturated heterocycles. The first-order chi connectivity index (χ1) is 8.93. The lowest BCUT2D eigenvalue weighted by molar-refractivity contribution is 0.277. The van der Waals surface area contributed by atoms with Gasteiger partial charge in [0.05, 0.1) is 17.2 Å². The molecule has 0 saturated carbocycles. The molecule has 0 aliphatic carbocycles. The van der Waals surface area contributed by atoms with E-state index in [9.17, 15) is 8.42 Å². The Hall–Kier alpha value is -1.76. The van der Waals surface area contributed by atoms with E-state index in [1.54, 1.807) is 24.4 Å². The maximum Gasteiger partial charge on any atom is 0.294 e. The molecule has 1 heterocycles. The van der Waals surface area contributed by atoms with Gasteiger partial charge in [-0.3, -0.25) is 9.54 Å². The lowest BCUT2D eigenvalue weighted by Crippen LogP contribution is -1.96. The van der Waals surface area contributed by atoms with Crippen molar-refractivity contribution in [2.24, 2.45) is 0 Å². The first-order valence-corrected chi connectivity index (χ1v) is 6.92. The van der Waals surface area contributed by atoms with E-state index >= 15 is 0 Å². The average molecular weight is 281 g/mol. The molecule has 5 nitrogen and oxygen atoms in total. The molecule has 1 aromatic carbocycles. The Morgan fingerprint density at radius 2 is 1.74 bits per heavy atom. The fourth-order valence-electron chi connectivity index (χ4n) is 1.20. The first-order valence-electron chi connectivity index (χ1n) is 5.48. The summed E-state index contributed by atoms with van der Waals surface area (Å²) in [6, 6.07) is 11.4. The maximum absolute atomic E-state index is 10.5. The topological polar surface area (TPSA) is 87.5 Å². The summed E-state index contributed by atoms with van der Waals surface area (Å²) in [7, 11) is -4.02. The highest BCUT2D eigenvalue weighted by Crippen LogP contribution is 2.08. The Kier molecular flexibility index (Phi) is 5.62. The summed E-state index contributed by atoms with van der Waals surface area (Å²) < 4.78 is 29.6. The third-order valence-electron chi connectivity index (χ3n) is 2.21. The first kappa shape index (κ1) is 15.3. The molecule has 0 atom stereocenters. The average Bonchev–Trinajstić information content (AvgIpc) is 2.40. The zero-order valence-electron chi connectivity index (χ0n) is 10.4. The second-order valence-corrected chi connectivity index (χ2v) is 5.19. The minimum Gasteiger partial charge on any atom is -0.390 e. The highest BCUT2D eigenvalue weighted by molar-refractivity contribution is 7.85. The minimum absolute atomic E-state index is 0.0286. The lowest BCUT2D eigenvalue weighted by Gasteiger charge is -1.95. The molecule has 2 aromatic rings. The van der Waals surface area contributed by atoms with E-state index < -0.39 is 10.1 Å². The smallest absolute Gasteiger partial charge is 0.294 e. The molecule has 19 heavy (non-hydrogen) atoms. The summed E-state index contributed by atoms with van der Waals surface area (Å²) in [6.07, 6.45) is 1.66. The van der Waals surface area contributed by atoms with Gasteiger partial charge in [-0.25, -0.2) is 0 Å². The summed E-state index contributed by atoms with van der Waals surface area (Å²) in [5.74, 6) is 0. The van der Waals surface area contributed by atoms with Crippen molar-refractivity contribution in [3.63, 3.8) is 0 Å². The van der Waals surface area contributed by atoms with Gasteiger partial charge >= 0.3 is 0 Å². The van der Waals surface area contributed by atoms with Gasteiger partial charge in [0.2, 0.25) is 0 Å². The van der Waals surface area contributed by atoms with Crippen molar-refractivity contribution in [2.45, 2.75) is 18.4 Å². The monoisotopic (exact) mass is 281 g/mol. The molecule has 0 fully saturated rings. The predicted molar refractivity (Wildman–Crippen MR) is 71.2 cm³/mol. The van der Waals surface area contributed by atoms with Crippen molar-refractivity contribution in [2.75, 3.05) is 0 Å². The number of rotatable bonds is 2. The van der Waals surface area contributed by atoms with Gasteiger partial charge in [-0.2, -0.15) is 8.42 Å². The summed E-state index contributed by atoms with van der Waals surface area (Å²) in [5.41, 5.74) is 1.67. The third kappa shape index (κ3) is 5.60. The van der Waals surface area contributed by atoms with Crippen molar-refractivity contribution < 1.29 is 18.1 Å². The molecule has 2 N–H and O–H groups in total. The molecule has 0 spiro atoms. The fraction of sp³-hybridized carbons (Fsp3) is 0.154. The van der Waals surface area contributed by atoms with Crippen molar-refractivity contribution in [1.82, 2.24) is 4.98 Å². The number of pyridine rings is 1. The van der Waals surface area contributed by atoms with Crippen LogP contribution in [0.25, 0.3) is 0 Å². The van der Waals surface area contributed by atoms with Crippen LogP contribution in [0.4, 0.5) is 0 Å². The Labute approximate surface area is 112 Å². The van der Waals surface area contributed by atoms with Gasteiger partial charge in [0, 0.05) is 6.20 Å². The van der Waals surface area contributed by atoms with Gasteiger partial charge in [0.25, 0.3) is 10.1 Å². The molecule has 0 aliphatic rings. The van der Waals surface area contributed by atoms with Gasteiger partial charge < -0.3 is 5.11 Å². The second kappa shape index (κ2) is 6.98. The van der Waals surface area contributed by atoms with Gasteiger partial charge in [-0.05, 0) is 31.2 Å². The SMILES string of the molecule is Cc1ccc(S(=O)(=O)O)cc1.OCc1ccccn1. The number of nitrogens with zero attached hydrogens (tertiary/aromatic N) is 1. The largest absolute Gasteiger partial charge is 0.390 e. The Morgan fingerprint density at radius 3 is 2.11 bits per heavy atom. The van der Waals surface area contributed by atoms with Gasteiger partial charge in [0.15, 0.2) is 0 Å². The number of aromatic nitrogens is 1. The quantitative estimate of drug-likeness (QED) is 0.820. The fourth-order valence-corrected chi connectivity index (χ4v) is 1.68. The zero-order valence-corrected chi connectivity index (χ0v) is 11.2. The lowest BCUT2D eigenvalue weighted by atomic mass is 10.2. The van der Waals surface area contributed by atoms with E-state index in [1.165, 1.54) is 12.1 Å². The van der Waals surface area contributed by atoms with E-state index in [2.05, 4.69) is 4.98 Å². The van der Waals surface area contributed by atoms with E-state index in [1.807, 2.05) is 19.1 Å².